The van der Waals surface area contributed by atoms with Crippen LogP contribution in [0.15, 0.2) is 29.8 Å². The zero-order valence-electron chi connectivity index (χ0n) is 15.1. The number of aromatic nitrogens is 1. The molecule has 1 aromatic carbocycles. The molecule has 1 aliphatic rings. The van der Waals surface area contributed by atoms with Gasteiger partial charge in [0.2, 0.25) is 0 Å². The van der Waals surface area contributed by atoms with E-state index < -0.39 is 0 Å². The lowest BCUT2D eigenvalue weighted by Crippen LogP contribution is -2.17. The van der Waals surface area contributed by atoms with Crippen LogP contribution >= 0.6 is 0 Å². The van der Waals surface area contributed by atoms with E-state index in [1.54, 1.807) is 7.11 Å². The molecule has 0 bridgehead atoms. The Hall–Kier alpha value is -1.87. The van der Waals surface area contributed by atoms with Crippen LogP contribution in [0.25, 0.3) is 16.5 Å². The van der Waals surface area contributed by atoms with Crippen molar-refractivity contribution in [2.45, 2.75) is 47.1 Å². The molecule has 0 amide bonds. The molecule has 1 aromatic heterocycles. The highest BCUT2D eigenvalue weighted by atomic mass is 16.5. The lowest BCUT2D eigenvalue weighted by molar-refractivity contribution is 0.0791. The molecule has 1 atom stereocenters. The zero-order chi connectivity index (χ0) is 17.0. The fraction of sp³-hybridized carbons (Fsp3) is 0.450. The third kappa shape index (κ3) is 3.73. The van der Waals surface area contributed by atoms with Crippen molar-refractivity contribution in [1.29, 1.82) is 0 Å². The van der Waals surface area contributed by atoms with Crippen LogP contribution in [0.5, 0.6) is 5.75 Å². The molecule has 0 aliphatic carbocycles. The van der Waals surface area contributed by atoms with Gasteiger partial charge in [0, 0.05) is 17.1 Å². The number of hydrogen-bond acceptors (Lipinski definition) is 3. The third-order valence-corrected chi connectivity index (χ3v) is 4.06. The highest BCUT2D eigenvalue weighted by Crippen LogP contribution is 2.33. The van der Waals surface area contributed by atoms with Gasteiger partial charge in [-0.3, -0.25) is 4.98 Å². The van der Waals surface area contributed by atoms with E-state index in [1.807, 2.05) is 26.8 Å². The molecule has 23 heavy (non-hydrogen) atoms. The van der Waals surface area contributed by atoms with Crippen molar-refractivity contribution in [3.63, 3.8) is 0 Å². The maximum Gasteiger partial charge on any atom is 0.130 e. The topological polar surface area (TPSA) is 31.4 Å². The minimum atomic E-state index is 0.275. The monoisotopic (exact) mass is 313 g/mol. The normalized spacial score (nSPS) is 17.7. The molecular formula is C20H27NO2. The Morgan fingerprint density at radius 3 is 2.61 bits per heavy atom. The number of ether oxygens (including phenoxy) is 2. The van der Waals surface area contributed by atoms with Crippen molar-refractivity contribution < 1.29 is 9.47 Å². The van der Waals surface area contributed by atoms with E-state index in [1.165, 1.54) is 16.7 Å². The summed E-state index contributed by atoms with van der Waals surface area (Å²) in [5.41, 5.74) is 5.90. The van der Waals surface area contributed by atoms with Crippen LogP contribution < -0.4 is 4.74 Å². The molecule has 3 rings (SSSR count). The Bertz CT molecular complexity index is 719. The van der Waals surface area contributed by atoms with E-state index in [0.29, 0.717) is 0 Å². The first-order chi connectivity index (χ1) is 11.1. The van der Waals surface area contributed by atoms with Crippen molar-refractivity contribution >= 4 is 16.5 Å². The molecule has 124 valence electrons. The van der Waals surface area contributed by atoms with E-state index in [-0.39, 0.29) is 6.10 Å². The van der Waals surface area contributed by atoms with Gasteiger partial charge in [-0.25, -0.2) is 0 Å². The molecule has 0 radical (unpaired) electrons. The number of nitrogens with zero attached hydrogens (tertiary/aromatic N) is 1. The summed E-state index contributed by atoms with van der Waals surface area (Å²) < 4.78 is 11.2. The van der Waals surface area contributed by atoms with Gasteiger partial charge in [0.15, 0.2) is 0 Å². The van der Waals surface area contributed by atoms with Gasteiger partial charge in [0.05, 0.1) is 25.3 Å². The first kappa shape index (κ1) is 17.5. The Morgan fingerprint density at radius 2 is 1.91 bits per heavy atom. The first-order valence-corrected chi connectivity index (χ1v) is 8.34. The minimum absolute atomic E-state index is 0.275. The van der Waals surface area contributed by atoms with Crippen LogP contribution in [-0.2, 0) is 4.74 Å². The summed E-state index contributed by atoms with van der Waals surface area (Å²) >= 11 is 0. The van der Waals surface area contributed by atoms with E-state index in [9.17, 15) is 0 Å². The number of methoxy groups -OCH3 is 1. The summed E-state index contributed by atoms with van der Waals surface area (Å²) in [7, 11) is 1.71. The molecule has 3 nitrogen and oxygen atoms in total. The van der Waals surface area contributed by atoms with Gasteiger partial charge in [-0.1, -0.05) is 19.9 Å². The highest BCUT2D eigenvalue weighted by molar-refractivity contribution is 5.89. The molecule has 2 aromatic rings. The Kier molecular flexibility index (Phi) is 5.78. The highest BCUT2D eigenvalue weighted by Gasteiger charge is 2.18. The average molecular weight is 313 g/mol. The van der Waals surface area contributed by atoms with Gasteiger partial charge in [-0.2, -0.15) is 0 Å². The summed E-state index contributed by atoms with van der Waals surface area (Å²) in [6, 6.07) is 8.42. The number of aryl methyl sites for hydroxylation is 1. The second-order valence-corrected chi connectivity index (χ2v) is 5.78. The molecule has 0 saturated heterocycles. The van der Waals surface area contributed by atoms with E-state index in [0.717, 1.165) is 35.4 Å². The number of benzene rings is 1. The molecule has 2 heterocycles. The number of fused-ring (bicyclic) bond motifs is 1. The van der Waals surface area contributed by atoms with Crippen molar-refractivity contribution in [1.82, 2.24) is 4.98 Å². The molecule has 1 unspecified atom stereocenters. The minimum Gasteiger partial charge on any atom is -0.496 e. The number of pyridine rings is 1. The molecular weight excluding hydrogens is 286 g/mol. The molecule has 1 aliphatic heterocycles. The van der Waals surface area contributed by atoms with Crippen LogP contribution in [0.2, 0.25) is 0 Å². The summed E-state index contributed by atoms with van der Waals surface area (Å²) in [5.74, 6) is 0.887. The molecule has 0 saturated carbocycles. The van der Waals surface area contributed by atoms with Crippen LogP contribution in [0.4, 0.5) is 0 Å². The van der Waals surface area contributed by atoms with Crippen molar-refractivity contribution in [3.05, 3.63) is 41.1 Å². The van der Waals surface area contributed by atoms with Crippen LogP contribution in [0.1, 0.15) is 45.4 Å². The van der Waals surface area contributed by atoms with E-state index >= 15 is 0 Å². The SMILES string of the molecule is CC.COc1cc(C)nc2ccc(C3=C(C)COC(C)C3)cc12. The lowest BCUT2D eigenvalue weighted by Gasteiger charge is -2.24. The first-order valence-electron chi connectivity index (χ1n) is 8.34. The summed E-state index contributed by atoms with van der Waals surface area (Å²) in [6.07, 6.45) is 1.23. The maximum absolute atomic E-state index is 5.69. The predicted octanol–water partition coefficient (Wildman–Crippen LogP) is 5.16. The fourth-order valence-corrected chi connectivity index (χ4v) is 2.92. The van der Waals surface area contributed by atoms with Gasteiger partial charge in [0.1, 0.15) is 5.75 Å². The molecule has 0 spiro atoms. The maximum atomic E-state index is 5.69. The van der Waals surface area contributed by atoms with E-state index in [2.05, 4.69) is 37.0 Å². The Labute approximate surface area is 139 Å². The Morgan fingerprint density at radius 1 is 1.17 bits per heavy atom. The van der Waals surface area contributed by atoms with Gasteiger partial charge in [-0.15, -0.1) is 0 Å². The Balaban J connectivity index is 0.000000924. The van der Waals surface area contributed by atoms with Crippen LogP contribution in [0, 0.1) is 6.92 Å². The van der Waals surface area contributed by atoms with Gasteiger partial charge >= 0.3 is 0 Å². The fourth-order valence-electron chi connectivity index (χ4n) is 2.92. The second-order valence-electron chi connectivity index (χ2n) is 5.78. The van der Waals surface area contributed by atoms with Crippen LogP contribution in [-0.4, -0.2) is 24.8 Å². The summed E-state index contributed by atoms with van der Waals surface area (Å²) in [6.45, 7) is 11.0. The lowest BCUT2D eigenvalue weighted by atomic mass is 9.93. The molecule has 0 fully saturated rings. The molecule has 0 N–H and O–H groups in total. The summed E-state index contributed by atoms with van der Waals surface area (Å²) in [4.78, 5) is 4.58. The predicted molar refractivity (Wildman–Crippen MR) is 97.0 cm³/mol. The quantitative estimate of drug-likeness (QED) is 0.767. The number of hydrogen-bond donors (Lipinski definition) is 0. The smallest absolute Gasteiger partial charge is 0.130 e. The average Bonchev–Trinajstić information content (AvgIpc) is 2.57. The van der Waals surface area contributed by atoms with Gasteiger partial charge in [0.25, 0.3) is 0 Å². The second kappa shape index (κ2) is 7.60. The van der Waals surface area contributed by atoms with Crippen molar-refractivity contribution in [2.24, 2.45) is 0 Å². The van der Waals surface area contributed by atoms with Gasteiger partial charge < -0.3 is 9.47 Å². The summed E-state index contributed by atoms with van der Waals surface area (Å²) in [5, 5.41) is 1.07. The third-order valence-electron chi connectivity index (χ3n) is 4.06. The zero-order valence-corrected chi connectivity index (χ0v) is 15.1. The van der Waals surface area contributed by atoms with Crippen molar-refractivity contribution in [3.8, 4) is 5.75 Å². The largest absolute Gasteiger partial charge is 0.496 e. The number of rotatable bonds is 2. The molecule has 3 heteroatoms. The van der Waals surface area contributed by atoms with Gasteiger partial charge in [-0.05, 0) is 56.0 Å². The van der Waals surface area contributed by atoms with Crippen molar-refractivity contribution in [2.75, 3.05) is 13.7 Å². The van der Waals surface area contributed by atoms with Crippen LogP contribution in [0.3, 0.4) is 0 Å². The standard InChI is InChI=1S/C18H21NO2.C2H6/c1-11-10-21-13(3)8-15(11)14-5-6-17-16(9-14)18(20-4)7-12(2)19-17;1-2/h5-7,9,13H,8,10H2,1-4H3;1-2H3. The van der Waals surface area contributed by atoms with E-state index in [4.69, 9.17) is 9.47 Å².